The fourth-order valence-electron chi connectivity index (χ4n) is 10.9. The molecule has 0 saturated carbocycles. The lowest BCUT2D eigenvalue weighted by Crippen LogP contribution is -2.25. The average molecular weight is 969 g/mol. The van der Waals surface area contributed by atoms with Crippen molar-refractivity contribution in [2.45, 2.75) is 97.8 Å². The van der Waals surface area contributed by atoms with Crippen molar-refractivity contribution in [3.05, 3.63) is 228 Å². The third-order valence-corrected chi connectivity index (χ3v) is 15.2. The van der Waals surface area contributed by atoms with Gasteiger partial charge in [-0.15, -0.1) is 0 Å². The molecule has 0 aliphatic carbocycles. The highest BCUT2D eigenvalue weighted by molar-refractivity contribution is 6.10. The Morgan fingerprint density at radius 3 is 1.64 bits per heavy atom. The SMILES string of the molecule is CC(C)(C)c1ccnc(-n2c3ccc(-c4ccccc4)cc3c3ccc(Oc4cccc(N5CN(c6cc(-c7ccccc7)cc(C(C)(C)c7ccccc7)c6)c6cc(C(C)(C)C)c(C(C)(C)C)cc65)c4)cc32)c1. The third kappa shape index (κ3) is 9.04. The first kappa shape index (κ1) is 48.4. The van der Waals surface area contributed by atoms with Crippen molar-refractivity contribution in [1.29, 1.82) is 0 Å². The highest BCUT2D eigenvalue weighted by atomic mass is 16.5. The van der Waals surface area contributed by atoms with Crippen LogP contribution in [0.1, 0.15) is 104 Å². The number of hydrogen-bond acceptors (Lipinski definition) is 4. The normalized spacial score (nSPS) is 13.2. The van der Waals surface area contributed by atoms with E-state index < -0.39 is 0 Å². The van der Waals surface area contributed by atoms with E-state index in [1.807, 2.05) is 6.20 Å². The number of fused-ring (bicyclic) bond motifs is 4. The fourth-order valence-corrected chi connectivity index (χ4v) is 10.9. The van der Waals surface area contributed by atoms with Crippen LogP contribution < -0.4 is 14.5 Å². The zero-order valence-electron chi connectivity index (χ0n) is 45.0. The van der Waals surface area contributed by atoms with E-state index in [0.717, 1.165) is 45.1 Å². The fraction of sp³-hybridized carbons (Fsp3) is 0.232. The van der Waals surface area contributed by atoms with Gasteiger partial charge in [-0.05, 0) is 139 Å². The van der Waals surface area contributed by atoms with Crippen molar-refractivity contribution in [3.8, 4) is 39.6 Å². The number of ether oxygens (including phenoxy) is 1. The van der Waals surface area contributed by atoms with Crippen LogP contribution in [0.15, 0.2) is 200 Å². The summed E-state index contributed by atoms with van der Waals surface area (Å²) in [5.41, 5.74) is 17.5. The van der Waals surface area contributed by atoms with Crippen molar-refractivity contribution in [3.63, 3.8) is 0 Å². The number of benzene rings is 8. The summed E-state index contributed by atoms with van der Waals surface area (Å²) in [5, 5.41) is 2.32. The standard InChI is InChI=1S/C69H68N4O/c1-66(2,3)51-34-35-70-65(40-51)73-61-33-30-48(46-22-15-12-16-23-46)38-58(61)57-32-31-56(42-62(57)73)74-55-29-21-28-53(41-55)71-45-72(64-44-60(68(7,8)9)59(43-63(64)71)67(4,5)6)54-37-49(47-24-17-13-18-25-47)36-52(39-54)69(10,11)50-26-19-14-20-27-50/h12-44H,45H2,1-11H3. The lowest BCUT2D eigenvalue weighted by Gasteiger charge is -2.32. The van der Waals surface area contributed by atoms with Gasteiger partial charge in [-0.25, -0.2) is 4.98 Å². The molecule has 2 aromatic heterocycles. The monoisotopic (exact) mass is 969 g/mol. The number of anilines is 4. The van der Waals surface area contributed by atoms with E-state index >= 15 is 0 Å². The number of pyridine rings is 1. The van der Waals surface area contributed by atoms with Crippen LogP contribution in [0, 0.1) is 0 Å². The van der Waals surface area contributed by atoms with Crippen LogP contribution in [0.3, 0.4) is 0 Å². The maximum atomic E-state index is 6.97. The van der Waals surface area contributed by atoms with Crippen LogP contribution in [0.25, 0.3) is 49.9 Å². The molecule has 11 rings (SSSR count). The first-order valence-corrected chi connectivity index (χ1v) is 26.2. The van der Waals surface area contributed by atoms with E-state index in [1.54, 1.807) is 0 Å². The largest absolute Gasteiger partial charge is 0.457 e. The molecule has 0 N–H and O–H groups in total. The summed E-state index contributed by atoms with van der Waals surface area (Å²) < 4.78 is 9.27. The van der Waals surface area contributed by atoms with Gasteiger partial charge < -0.3 is 14.5 Å². The molecule has 74 heavy (non-hydrogen) atoms. The first-order chi connectivity index (χ1) is 35.3. The molecule has 0 atom stereocenters. The Balaban J connectivity index is 1.03. The molecule has 0 radical (unpaired) electrons. The predicted octanol–water partition coefficient (Wildman–Crippen LogP) is 18.8. The molecular formula is C69H68N4O. The van der Waals surface area contributed by atoms with Crippen molar-refractivity contribution in [2.75, 3.05) is 16.5 Å². The zero-order valence-corrected chi connectivity index (χ0v) is 45.0. The number of nitrogens with zero attached hydrogens (tertiary/aromatic N) is 4. The molecule has 0 bridgehead atoms. The van der Waals surface area contributed by atoms with Crippen molar-refractivity contribution < 1.29 is 4.74 Å². The Hall–Kier alpha value is -7.89. The van der Waals surface area contributed by atoms with Gasteiger partial charge >= 0.3 is 0 Å². The lowest BCUT2D eigenvalue weighted by molar-refractivity contribution is 0.483. The minimum Gasteiger partial charge on any atom is -0.457 e. The van der Waals surface area contributed by atoms with Crippen LogP contribution in [0.5, 0.6) is 11.5 Å². The van der Waals surface area contributed by atoms with Gasteiger partial charge in [-0.2, -0.15) is 0 Å². The Labute approximate surface area is 438 Å². The molecule has 0 spiro atoms. The predicted molar refractivity (Wildman–Crippen MR) is 313 cm³/mol. The molecule has 5 heteroatoms. The minimum atomic E-state index is -0.253. The molecule has 1 aliphatic rings. The van der Waals surface area contributed by atoms with Crippen LogP contribution in [0.2, 0.25) is 0 Å². The van der Waals surface area contributed by atoms with Gasteiger partial charge in [0.1, 0.15) is 24.0 Å². The molecular weight excluding hydrogens is 901 g/mol. The molecule has 5 nitrogen and oxygen atoms in total. The number of aromatic nitrogens is 2. The van der Waals surface area contributed by atoms with Crippen molar-refractivity contribution >= 4 is 44.6 Å². The number of rotatable bonds is 9. The Morgan fingerprint density at radius 2 is 1.00 bits per heavy atom. The lowest BCUT2D eigenvalue weighted by atomic mass is 9.74. The molecule has 370 valence electrons. The third-order valence-electron chi connectivity index (χ3n) is 15.2. The van der Waals surface area contributed by atoms with E-state index in [9.17, 15) is 0 Å². The van der Waals surface area contributed by atoms with Gasteiger partial charge in [0.2, 0.25) is 0 Å². The smallest absolute Gasteiger partial charge is 0.137 e. The second-order valence-electron chi connectivity index (χ2n) is 23.9. The summed E-state index contributed by atoms with van der Waals surface area (Å²) >= 11 is 0. The Bertz CT molecular complexity index is 3700. The highest BCUT2D eigenvalue weighted by Crippen LogP contribution is 2.51. The quantitative estimate of drug-likeness (QED) is 0.144. The van der Waals surface area contributed by atoms with Crippen LogP contribution >= 0.6 is 0 Å². The van der Waals surface area contributed by atoms with Gasteiger partial charge in [-0.3, -0.25) is 4.57 Å². The van der Waals surface area contributed by atoms with Crippen LogP contribution in [-0.4, -0.2) is 16.2 Å². The molecule has 3 heterocycles. The van der Waals surface area contributed by atoms with E-state index in [-0.39, 0.29) is 21.7 Å². The Morgan fingerprint density at radius 1 is 0.392 bits per heavy atom. The van der Waals surface area contributed by atoms with Gasteiger partial charge in [0, 0.05) is 45.9 Å². The van der Waals surface area contributed by atoms with Crippen molar-refractivity contribution in [2.24, 2.45) is 0 Å². The summed E-state index contributed by atoms with van der Waals surface area (Å²) in [4.78, 5) is 10.00. The summed E-state index contributed by atoms with van der Waals surface area (Å²) in [5.74, 6) is 2.41. The zero-order chi connectivity index (χ0) is 51.7. The molecule has 0 saturated heterocycles. The summed E-state index contributed by atoms with van der Waals surface area (Å²) in [6.45, 7) is 26.1. The topological polar surface area (TPSA) is 33.5 Å². The van der Waals surface area contributed by atoms with E-state index in [1.165, 1.54) is 66.8 Å². The molecule has 0 unspecified atom stereocenters. The van der Waals surface area contributed by atoms with Crippen LogP contribution in [-0.2, 0) is 21.7 Å². The summed E-state index contributed by atoms with van der Waals surface area (Å²) in [6.07, 6.45) is 1.94. The minimum absolute atomic E-state index is 0.0410. The summed E-state index contributed by atoms with van der Waals surface area (Å²) in [6, 6.07) is 70.7. The van der Waals surface area contributed by atoms with Crippen molar-refractivity contribution in [1.82, 2.24) is 9.55 Å². The average Bonchev–Trinajstić information content (AvgIpc) is 3.94. The first-order valence-electron chi connectivity index (χ1n) is 26.2. The van der Waals surface area contributed by atoms with Crippen LogP contribution in [0.4, 0.5) is 22.7 Å². The molecule has 0 amide bonds. The Kier molecular flexibility index (Phi) is 11.9. The molecule has 10 aromatic rings. The van der Waals surface area contributed by atoms with E-state index in [2.05, 4.69) is 285 Å². The van der Waals surface area contributed by atoms with Gasteiger partial charge in [0.15, 0.2) is 0 Å². The maximum absolute atomic E-state index is 6.97. The van der Waals surface area contributed by atoms with E-state index in [0.29, 0.717) is 6.67 Å². The molecule has 0 fully saturated rings. The van der Waals surface area contributed by atoms with E-state index in [4.69, 9.17) is 9.72 Å². The summed E-state index contributed by atoms with van der Waals surface area (Å²) in [7, 11) is 0. The molecule has 8 aromatic carbocycles. The number of hydrogen-bond donors (Lipinski definition) is 0. The second kappa shape index (κ2) is 18.2. The molecule has 1 aliphatic heterocycles. The second-order valence-corrected chi connectivity index (χ2v) is 23.9. The van der Waals surface area contributed by atoms with Gasteiger partial charge in [0.05, 0.1) is 22.4 Å². The maximum Gasteiger partial charge on any atom is 0.137 e. The van der Waals surface area contributed by atoms with Gasteiger partial charge in [-0.1, -0.05) is 185 Å². The van der Waals surface area contributed by atoms with Gasteiger partial charge in [0.25, 0.3) is 0 Å². The highest BCUT2D eigenvalue weighted by Gasteiger charge is 2.36.